The van der Waals surface area contributed by atoms with Gasteiger partial charge in [-0.25, -0.2) is 17.2 Å². The Labute approximate surface area is 184 Å². The number of rotatable bonds is 4. The third-order valence-corrected chi connectivity index (χ3v) is 6.33. The third kappa shape index (κ3) is 3.61. The van der Waals surface area contributed by atoms with E-state index in [4.69, 9.17) is 13.9 Å². The lowest BCUT2D eigenvalue weighted by atomic mass is 10.1. The van der Waals surface area contributed by atoms with Crippen molar-refractivity contribution in [2.45, 2.75) is 4.90 Å². The lowest BCUT2D eigenvalue weighted by Gasteiger charge is -2.10. The molecule has 0 bridgehead atoms. The minimum Gasteiger partial charge on any atom is -0.502 e. The van der Waals surface area contributed by atoms with Gasteiger partial charge < -0.3 is 19.0 Å². The highest BCUT2D eigenvalue weighted by molar-refractivity contribution is 7.92. The Kier molecular flexibility index (Phi) is 4.71. The number of sulfonamides is 1. The van der Waals surface area contributed by atoms with Crippen LogP contribution in [0.2, 0.25) is 0 Å². The van der Waals surface area contributed by atoms with Crippen LogP contribution in [0.5, 0.6) is 17.2 Å². The summed E-state index contributed by atoms with van der Waals surface area (Å²) in [5, 5.41) is 10.4. The van der Waals surface area contributed by atoms with Crippen LogP contribution in [0.15, 0.2) is 68.7 Å². The van der Waals surface area contributed by atoms with Crippen molar-refractivity contribution in [1.82, 2.24) is 0 Å². The molecule has 3 aromatic carbocycles. The van der Waals surface area contributed by atoms with E-state index >= 15 is 0 Å². The van der Waals surface area contributed by atoms with Gasteiger partial charge in [0, 0.05) is 11.3 Å². The van der Waals surface area contributed by atoms with Crippen molar-refractivity contribution in [2.24, 2.45) is 0 Å². The predicted molar refractivity (Wildman–Crippen MR) is 113 cm³/mol. The van der Waals surface area contributed by atoms with Gasteiger partial charge in [-0.3, -0.25) is 9.52 Å². The fourth-order valence-corrected chi connectivity index (χ4v) is 4.40. The molecule has 1 aliphatic rings. The number of aromatic hydroxyl groups is 1. The Hall–Kier alpha value is -4.12. The van der Waals surface area contributed by atoms with Gasteiger partial charge in [0.2, 0.25) is 18.0 Å². The first-order valence-electron chi connectivity index (χ1n) is 9.41. The second-order valence-electron chi connectivity index (χ2n) is 7.07. The highest BCUT2D eigenvalue weighted by Crippen LogP contribution is 2.38. The van der Waals surface area contributed by atoms with Crippen LogP contribution in [0.4, 0.5) is 14.5 Å². The quantitative estimate of drug-likeness (QED) is 0.461. The first-order valence-corrected chi connectivity index (χ1v) is 10.9. The lowest BCUT2D eigenvalue weighted by Crippen LogP contribution is -2.14. The Morgan fingerprint density at radius 3 is 2.48 bits per heavy atom. The maximum atomic E-state index is 13.4. The van der Waals surface area contributed by atoms with E-state index in [1.807, 2.05) is 0 Å². The number of hydrogen-bond acceptors (Lipinski definition) is 7. The minimum atomic E-state index is -4.28. The van der Waals surface area contributed by atoms with Crippen LogP contribution in [0.25, 0.3) is 22.3 Å². The largest absolute Gasteiger partial charge is 0.502 e. The monoisotopic (exact) mass is 473 g/mol. The topological polar surface area (TPSA) is 115 Å². The molecular weight excluding hydrogens is 460 g/mol. The molecule has 0 radical (unpaired) electrons. The summed E-state index contributed by atoms with van der Waals surface area (Å²) in [5.41, 5.74) is -0.382. The molecular formula is C22H13F2NO7S. The van der Waals surface area contributed by atoms with Gasteiger partial charge in [0.15, 0.2) is 28.9 Å². The Bertz CT molecular complexity index is 1600. The number of ether oxygens (including phenoxy) is 2. The zero-order valence-electron chi connectivity index (χ0n) is 16.5. The second-order valence-corrected chi connectivity index (χ2v) is 8.75. The van der Waals surface area contributed by atoms with Gasteiger partial charge in [0.05, 0.1) is 10.3 Å². The Balaban J connectivity index is 1.54. The summed E-state index contributed by atoms with van der Waals surface area (Å²) >= 11 is 0. The molecule has 5 rings (SSSR count). The fourth-order valence-electron chi connectivity index (χ4n) is 3.34. The van der Waals surface area contributed by atoms with Crippen molar-refractivity contribution >= 4 is 26.7 Å². The number of halogens is 2. The average Bonchev–Trinajstić information content (AvgIpc) is 3.26. The van der Waals surface area contributed by atoms with E-state index in [9.17, 15) is 27.1 Å². The van der Waals surface area contributed by atoms with Gasteiger partial charge in [-0.1, -0.05) is 0 Å². The summed E-state index contributed by atoms with van der Waals surface area (Å²) in [6.07, 6.45) is 0. The van der Waals surface area contributed by atoms with Gasteiger partial charge in [0.1, 0.15) is 5.58 Å². The van der Waals surface area contributed by atoms with E-state index in [2.05, 4.69) is 4.72 Å². The molecule has 8 nitrogen and oxygen atoms in total. The highest BCUT2D eigenvalue weighted by atomic mass is 32.2. The van der Waals surface area contributed by atoms with Crippen molar-refractivity contribution in [1.29, 1.82) is 0 Å². The first kappa shape index (κ1) is 20.8. The number of fused-ring (bicyclic) bond motifs is 2. The zero-order valence-corrected chi connectivity index (χ0v) is 17.3. The van der Waals surface area contributed by atoms with Gasteiger partial charge in [-0.2, -0.15) is 0 Å². The average molecular weight is 473 g/mol. The molecule has 1 aromatic heterocycles. The third-order valence-electron chi connectivity index (χ3n) is 4.95. The number of nitrogens with one attached hydrogen (secondary N) is 1. The molecule has 2 N–H and O–H groups in total. The molecule has 0 aliphatic carbocycles. The molecule has 0 fully saturated rings. The van der Waals surface area contributed by atoms with Crippen LogP contribution in [0.1, 0.15) is 0 Å². The molecule has 0 unspecified atom stereocenters. The summed E-state index contributed by atoms with van der Waals surface area (Å²) in [6, 6.07) is 10.7. The summed E-state index contributed by atoms with van der Waals surface area (Å²) < 4.78 is 70.0. The van der Waals surface area contributed by atoms with Crippen LogP contribution in [-0.2, 0) is 10.0 Å². The summed E-state index contributed by atoms with van der Waals surface area (Å²) in [6.45, 7) is 0.0513. The van der Waals surface area contributed by atoms with Gasteiger partial charge in [0.25, 0.3) is 10.0 Å². The standard InChI is InChI=1S/C22H13F2NO7S/c23-15-4-3-13(9-16(15)24)33(28,29)25-12-2-6-17-14(8-12)20(26)21(27)22(32-17)11-1-5-18-19(7-11)31-10-30-18/h1-9,25,27H,10H2. The number of hydrogen-bond donors (Lipinski definition) is 2. The Morgan fingerprint density at radius 1 is 0.909 bits per heavy atom. The van der Waals surface area contributed by atoms with Crippen molar-refractivity contribution < 1.29 is 36.2 Å². The zero-order chi connectivity index (χ0) is 23.3. The van der Waals surface area contributed by atoms with Gasteiger partial charge in [-0.15, -0.1) is 0 Å². The molecule has 0 spiro atoms. The Morgan fingerprint density at radius 2 is 1.70 bits per heavy atom. The minimum absolute atomic E-state index is 0.0465. The fraction of sp³-hybridized carbons (Fsp3) is 0.0455. The number of benzene rings is 3. The van der Waals surface area contributed by atoms with Crippen LogP contribution in [-0.4, -0.2) is 20.3 Å². The maximum absolute atomic E-state index is 13.4. The smallest absolute Gasteiger partial charge is 0.261 e. The molecule has 0 amide bonds. The van der Waals surface area contributed by atoms with Crippen LogP contribution in [0, 0.1) is 11.6 Å². The molecule has 0 saturated carbocycles. The highest BCUT2D eigenvalue weighted by Gasteiger charge is 2.21. The second kappa shape index (κ2) is 7.48. The SMILES string of the molecule is O=c1c(O)c(-c2ccc3c(c2)OCO3)oc2ccc(NS(=O)(=O)c3ccc(F)c(F)c3)cc12. The maximum Gasteiger partial charge on any atom is 0.261 e. The summed E-state index contributed by atoms with van der Waals surface area (Å²) in [5.74, 6) is -2.34. The van der Waals surface area contributed by atoms with Crippen molar-refractivity contribution in [3.05, 3.63) is 76.5 Å². The van der Waals surface area contributed by atoms with Crippen molar-refractivity contribution in [3.8, 4) is 28.6 Å². The van der Waals surface area contributed by atoms with E-state index in [1.165, 1.54) is 18.2 Å². The predicted octanol–water partition coefficient (Wildman–Crippen LogP) is 3.97. The molecule has 1 aliphatic heterocycles. The summed E-state index contributed by atoms with van der Waals surface area (Å²) in [4.78, 5) is 12.3. The molecule has 0 atom stereocenters. The van der Waals surface area contributed by atoms with Crippen LogP contribution < -0.4 is 19.6 Å². The summed E-state index contributed by atoms with van der Waals surface area (Å²) in [7, 11) is -4.28. The van der Waals surface area contributed by atoms with E-state index in [-0.39, 0.29) is 29.2 Å². The first-order chi connectivity index (χ1) is 15.7. The van der Waals surface area contributed by atoms with E-state index in [0.717, 1.165) is 6.07 Å². The van der Waals surface area contributed by atoms with Gasteiger partial charge >= 0.3 is 0 Å². The van der Waals surface area contributed by atoms with Crippen molar-refractivity contribution in [3.63, 3.8) is 0 Å². The molecule has 4 aromatic rings. The normalized spacial score (nSPS) is 12.8. The molecule has 11 heteroatoms. The lowest BCUT2D eigenvalue weighted by molar-refractivity contribution is 0.174. The molecule has 0 saturated heterocycles. The van der Waals surface area contributed by atoms with E-state index < -0.39 is 37.7 Å². The molecule has 2 heterocycles. The van der Waals surface area contributed by atoms with Gasteiger partial charge in [-0.05, 0) is 54.6 Å². The molecule has 33 heavy (non-hydrogen) atoms. The van der Waals surface area contributed by atoms with Crippen LogP contribution >= 0.6 is 0 Å². The van der Waals surface area contributed by atoms with Crippen LogP contribution in [0.3, 0.4) is 0 Å². The van der Waals surface area contributed by atoms with E-state index in [1.54, 1.807) is 18.2 Å². The van der Waals surface area contributed by atoms with E-state index in [0.29, 0.717) is 29.2 Å². The number of anilines is 1. The van der Waals surface area contributed by atoms with Crippen molar-refractivity contribution in [2.75, 3.05) is 11.5 Å². The molecule has 168 valence electrons.